The van der Waals surface area contributed by atoms with Crippen molar-refractivity contribution in [2.75, 3.05) is 5.73 Å². The van der Waals surface area contributed by atoms with Crippen LogP contribution in [-0.4, -0.2) is 19.9 Å². The Morgan fingerprint density at radius 1 is 1.54 bits per heavy atom. The van der Waals surface area contributed by atoms with Crippen molar-refractivity contribution in [1.29, 1.82) is 0 Å². The quantitative estimate of drug-likeness (QED) is 0.487. The molecule has 3 N–H and O–H groups in total. The minimum Gasteiger partial charge on any atom is -0.383 e. The molecule has 0 aliphatic carbocycles. The van der Waals surface area contributed by atoms with Crippen molar-refractivity contribution >= 4 is 22.5 Å². The third-order valence-electron chi connectivity index (χ3n) is 1.68. The summed E-state index contributed by atoms with van der Waals surface area (Å²) < 4.78 is 0. The molecule has 0 bridgehead atoms. The van der Waals surface area contributed by atoms with Gasteiger partial charge in [-0.15, -0.1) is 0 Å². The van der Waals surface area contributed by atoms with Crippen LogP contribution in [0.3, 0.4) is 0 Å². The zero-order valence-electron chi connectivity index (χ0n) is 6.39. The second-order valence-electron chi connectivity index (χ2n) is 2.41. The molecule has 0 saturated heterocycles. The first-order chi connectivity index (χ1) is 6.20. The number of nitrogen functional groups attached to an aromatic ring is 1. The van der Waals surface area contributed by atoms with Crippen LogP contribution >= 0.6 is 0 Å². The summed E-state index contributed by atoms with van der Waals surface area (Å²) in [6.45, 7) is 0. The molecule has 2 heterocycles. The van der Waals surface area contributed by atoms with Gasteiger partial charge in [0.1, 0.15) is 23.2 Å². The van der Waals surface area contributed by atoms with Crippen LogP contribution in [0.4, 0.5) is 11.5 Å². The maximum atomic E-state index is 10.5. The molecule has 0 atom stereocenters. The molecule has 0 aliphatic heterocycles. The number of hydrogen-bond donors (Lipinski definition) is 2. The molecule has 0 saturated carbocycles. The lowest BCUT2D eigenvalue weighted by Crippen LogP contribution is -1.94. The number of aromatic nitrogens is 3. The van der Waals surface area contributed by atoms with Crippen LogP contribution in [0.5, 0.6) is 0 Å². The predicted molar refractivity (Wildman–Crippen MR) is 45.0 cm³/mol. The number of nitro groups is 1. The Morgan fingerprint density at radius 3 is 3.00 bits per heavy atom. The van der Waals surface area contributed by atoms with Crippen molar-refractivity contribution in [2.45, 2.75) is 0 Å². The number of nitrogens with zero attached hydrogens (tertiary/aromatic N) is 3. The minimum atomic E-state index is -0.529. The average Bonchev–Trinajstić information content (AvgIpc) is 2.49. The fraction of sp³-hybridized carbons (Fsp3) is 0. The second-order valence-corrected chi connectivity index (χ2v) is 2.41. The number of nitrogens with one attached hydrogen (secondary N) is 1. The molecular weight excluding hydrogens is 174 g/mol. The summed E-state index contributed by atoms with van der Waals surface area (Å²) in [5, 5.41) is 10.8. The molecule has 7 heteroatoms. The highest BCUT2D eigenvalue weighted by Crippen LogP contribution is 2.26. The second kappa shape index (κ2) is 2.41. The highest BCUT2D eigenvalue weighted by molar-refractivity contribution is 5.94. The number of aromatic amines is 1. The molecular formula is C6H5N5O2. The van der Waals surface area contributed by atoms with Gasteiger partial charge < -0.3 is 10.7 Å². The molecule has 0 aliphatic rings. The van der Waals surface area contributed by atoms with E-state index in [2.05, 4.69) is 15.0 Å². The van der Waals surface area contributed by atoms with E-state index in [1.807, 2.05) is 0 Å². The number of fused-ring (bicyclic) bond motifs is 1. The molecule has 0 fully saturated rings. The summed E-state index contributed by atoms with van der Waals surface area (Å²) in [6.07, 6.45) is 2.49. The molecule has 2 rings (SSSR count). The van der Waals surface area contributed by atoms with E-state index in [1.54, 1.807) is 0 Å². The fourth-order valence-corrected chi connectivity index (χ4v) is 1.11. The van der Waals surface area contributed by atoms with Gasteiger partial charge in [-0.3, -0.25) is 10.1 Å². The third kappa shape index (κ3) is 0.975. The van der Waals surface area contributed by atoms with Gasteiger partial charge in [-0.1, -0.05) is 0 Å². The van der Waals surface area contributed by atoms with Gasteiger partial charge in [0.05, 0.1) is 11.1 Å². The molecule has 0 radical (unpaired) electrons. The van der Waals surface area contributed by atoms with E-state index >= 15 is 0 Å². The first kappa shape index (κ1) is 7.47. The highest BCUT2D eigenvalue weighted by atomic mass is 16.6. The summed E-state index contributed by atoms with van der Waals surface area (Å²) >= 11 is 0. The van der Waals surface area contributed by atoms with Crippen LogP contribution < -0.4 is 5.73 Å². The van der Waals surface area contributed by atoms with Crippen LogP contribution in [0, 0.1) is 10.1 Å². The highest BCUT2D eigenvalue weighted by Gasteiger charge is 2.17. The number of H-pyrrole nitrogens is 1. The van der Waals surface area contributed by atoms with Crippen molar-refractivity contribution in [3.8, 4) is 0 Å². The maximum Gasteiger partial charge on any atom is 0.299 e. The lowest BCUT2D eigenvalue weighted by atomic mass is 10.3. The van der Waals surface area contributed by atoms with Gasteiger partial charge in [0.25, 0.3) is 5.69 Å². The van der Waals surface area contributed by atoms with Crippen molar-refractivity contribution in [1.82, 2.24) is 15.0 Å². The SMILES string of the molecule is Nc1ncnc2[nH]cc([N+](=O)[O-])c12. The fourth-order valence-electron chi connectivity index (χ4n) is 1.11. The van der Waals surface area contributed by atoms with Gasteiger partial charge in [-0.05, 0) is 0 Å². The number of anilines is 1. The van der Waals surface area contributed by atoms with Crippen LogP contribution in [0.25, 0.3) is 11.0 Å². The predicted octanol–water partition coefficient (Wildman–Crippen LogP) is 0.448. The Labute approximate surface area is 71.8 Å². The zero-order valence-corrected chi connectivity index (χ0v) is 6.39. The topological polar surface area (TPSA) is 111 Å². The van der Waals surface area contributed by atoms with Gasteiger partial charge in [0, 0.05) is 0 Å². The van der Waals surface area contributed by atoms with Crippen molar-refractivity contribution in [2.24, 2.45) is 0 Å². The first-order valence-corrected chi connectivity index (χ1v) is 3.42. The van der Waals surface area contributed by atoms with Gasteiger partial charge in [0.2, 0.25) is 0 Å². The van der Waals surface area contributed by atoms with E-state index in [0.717, 1.165) is 0 Å². The number of hydrogen-bond acceptors (Lipinski definition) is 5. The van der Waals surface area contributed by atoms with Gasteiger partial charge in [-0.25, -0.2) is 9.97 Å². The van der Waals surface area contributed by atoms with E-state index < -0.39 is 4.92 Å². The van der Waals surface area contributed by atoms with E-state index in [4.69, 9.17) is 5.73 Å². The molecule has 13 heavy (non-hydrogen) atoms. The number of nitrogens with two attached hydrogens (primary N) is 1. The minimum absolute atomic E-state index is 0.104. The average molecular weight is 179 g/mol. The summed E-state index contributed by atoms with van der Waals surface area (Å²) in [6, 6.07) is 0. The van der Waals surface area contributed by atoms with Crippen LogP contribution in [0.2, 0.25) is 0 Å². The largest absolute Gasteiger partial charge is 0.383 e. The van der Waals surface area contributed by atoms with Crippen LogP contribution in [0.1, 0.15) is 0 Å². The van der Waals surface area contributed by atoms with Gasteiger partial charge in [-0.2, -0.15) is 0 Å². The molecule has 2 aromatic rings. The van der Waals surface area contributed by atoms with E-state index in [9.17, 15) is 10.1 Å². The van der Waals surface area contributed by atoms with E-state index in [1.165, 1.54) is 12.5 Å². The Bertz CT molecular complexity index is 477. The number of rotatable bonds is 1. The Balaban J connectivity index is 2.86. The van der Waals surface area contributed by atoms with E-state index in [-0.39, 0.29) is 16.9 Å². The van der Waals surface area contributed by atoms with Gasteiger partial charge >= 0.3 is 0 Å². The molecule has 0 aromatic carbocycles. The smallest absolute Gasteiger partial charge is 0.299 e. The van der Waals surface area contributed by atoms with Gasteiger partial charge in [0.15, 0.2) is 0 Å². The Hall–Kier alpha value is -2.18. The molecule has 66 valence electrons. The molecule has 0 unspecified atom stereocenters. The summed E-state index contributed by atoms with van der Waals surface area (Å²) in [7, 11) is 0. The Kier molecular flexibility index (Phi) is 1.38. The standard InChI is InChI=1S/C6H5N5O2/c7-5-4-3(11(12)13)1-8-6(4)10-2-9-5/h1-2H,(H3,7,8,9,10). The van der Waals surface area contributed by atoms with Crippen molar-refractivity contribution < 1.29 is 4.92 Å². The van der Waals surface area contributed by atoms with E-state index in [0.29, 0.717) is 5.65 Å². The Morgan fingerprint density at radius 2 is 2.31 bits per heavy atom. The van der Waals surface area contributed by atoms with Crippen molar-refractivity contribution in [3.05, 3.63) is 22.6 Å². The molecule has 0 spiro atoms. The monoisotopic (exact) mass is 179 g/mol. The zero-order chi connectivity index (χ0) is 9.42. The molecule has 0 amide bonds. The lowest BCUT2D eigenvalue weighted by Gasteiger charge is -1.92. The normalized spacial score (nSPS) is 10.5. The molecule has 7 nitrogen and oxygen atoms in total. The van der Waals surface area contributed by atoms with Crippen molar-refractivity contribution in [3.63, 3.8) is 0 Å². The summed E-state index contributed by atoms with van der Waals surface area (Å²) in [5.74, 6) is 0.109. The van der Waals surface area contributed by atoms with Crippen LogP contribution in [-0.2, 0) is 0 Å². The lowest BCUT2D eigenvalue weighted by molar-refractivity contribution is -0.383. The third-order valence-corrected chi connectivity index (χ3v) is 1.68. The molecule has 2 aromatic heterocycles. The maximum absolute atomic E-state index is 10.5. The van der Waals surface area contributed by atoms with Crippen LogP contribution in [0.15, 0.2) is 12.5 Å². The summed E-state index contributed by atoms with van der Waals surface area (Å²) in [4.78, 5) is 20.1. The first-order valence-electron chi connectivity index (χ1n) is 3.42. The summed E-state index contributed by atoms with van der Waals surface area (Å²) in [5.41, 5.74) is 5.73.